The molecule has 1 atom stereocenters. The fourth-order valence-corrected chi connectivity index (χ4v) is 4.07. The number of thioether (sulfide) groups is 1. The van der Waals surface area contributed by atoms with E-state index in [2.05, 4.69) is 22.8 Å². The van der Waals surface area contributed by atoms with Gasteiger partial charge in [-0.1, -0.05) is 42.5 Å². The Morgan fingerprint density at radius 2 is 1.84 bits per heavy atom. The molecule has 3 rings (SSSR count). The lowest BCUT2D eigenvalue weighted by molar-refractivity contribution is -0.122. The Labute approximate surface area is 192 Å². The van der Waals surface area contributed by atoms with E-state index < -0.39 is 0 Å². The smallest absolute Gasteiger partial charge is 0.315 e. The van der Waals surface area contributed by atoms with Crippen LogP contribution in [0.15, 0.2) is 59.5 Å². The van der Waals surface area contributed by atoms with E-state index in [0.29, 0.717) is 10.7 Å². The van der Waals surface area contributed by atoms with Crippen LogP contribution in [0.4, 0.5) is 9.59 Å². The Hall–Kier alpha value is -3.26. The van der Waals surface area contributed by atoms with E-state index in [4.69, 9.17) is 4.74 Å². The minimum Gasteiger partial charge on any atom is -0.497 e. The van der Waals surface area contributed by atoms with Crippen LogP contribution >= 0.6 is 11.8 Å². The van der Waals surface area contributed by atoms with Crippen LogP contribution in [-0.2, 0) is 11.2 Å². The molecule has 32 heavy (non-hydrogen) atoms. The van der Waals surface area contributed by atoms with Gasteiger partial charge in [-0.25, -0.2) is 4.79 Å². The molecule has 2 aromatic rings. The van der Waals surface area contributed by atoms with E-state index in [9.17, 15) is 14.4 Å². The quantitative estimate of drug-likeness (QED) is 0.559. The Balaban J connectivity index is 1.42. The molecule has 0 bridgehead atoms. The molecule has 4 amide bonds. The van der Waals surface area contributed by atoms with Gasteiger partial charge in [0.25, 0.3) is 11.1 Å². The molecule has 8 heteroatoms. The van der Waals surface area contributed by atoms with E-state index >= 15 is 0 Å². The third kappa shape index (κ3) is 6.62. The zero-order chi connectivity index (χ0) is 22.9. The number of benzene rings is 2. The molecule has 1 fully saturated rings. The predicted octanol–water partition coefficient (Wildman–Crippen LogP) is 4.05. The van der Waals surface area contributed by atoms with Crippen LogP contribution in [0.3, 0.4) is 0 Å². The molecule has 7 nitrogen and oxygen atoms in total. The number of carbonyl (C=O) groups excluding carboxylic acids is 3. The minimum atomic E-state index is -0.353. The maximum Gasteiger partial charge on any atom is 0.315 e. The standard InChI is InChI=1S/C24H27N3O4S/c1-17(8-9-18-6-4-3-5-7-18)26-23(29)25-14-15-27-22(28)21(32-24(27)30)16-19-10-12-20(31-2)13-11-19/h3-7,10-13,16-17H,8-9,14-15H2,1-2H3,(H2,25,26,29)/b21-16-. The molecule has 0 radical (unpaired) electrons. The van der Waals surface area contributed by atoms with Crippen molar-refractivity contribution in [2.24, 2.45) is 0 Å². The van der Waals surface area contributed by atoms with Crippen molar-refractivity contribution in [3.8, 4) is 5.75 Å². The van der Waals surface area contributed by atoms with Gasteiger partial charge in [0, 0.05) is 19.1 Å². The largest absolute Gasteiger partial charge is 0.497 e. The Kier molecular flexibility index (Phi) is 8.33. The van der Waals surface area contributed by atoms with E-state index in [-0.39, 0.29) is 36.3 Å². The number of hydrogen-bond donors (Lipinski definition) is 2. The van der Waals surface area contributed by atoms with Crippen molar-refractivity contribution in [1.29, 1.82) is 0 Å². The summed E-state index contributed by atoms with van der Waals surface area (Å²) in [7, 11) is 1.58. The van der Waals surface area contributed by atoms with Crippen LogP contribution < -0.4 is 15.4 Å². The minimum absolute atomic E-state index is 0.000144. The maximum atomic E-state index is 12.6. The van der Waals surface area contributed by atoms with Crippen LogP contribution in [-0.4, -0.2) is 48.3 Å². The maximum absolute atomic E-state index is 12.6. The number of nitrogens with one attached hydrogen (secondary N) is 2. The summed E-state index contributed by atoms with van der Waals surface area (Å²) in [5.41, 5.74) is 2.03. The Bertz CT molecular complexity index is 976. The molecule has 1 heterocycles. The molecular weight excluding hydrogens is 426 g/mol. The number of rotatable bonds is 9. The van der Waals surface area contributed by atoms with Gasteiger partial charge in [0.15, 0.2) is 0 Å². The summed E-state index contributed by atoms with van der Waals surface area (Å²) in [6.45, 7) is 2.25. The van der Waals surface area contributed by atoms with Gasteiger partial charge >= 0.3 is 6.03 Å². The predicted molar refractivity (Wildman–Crippen MR) is 126 cm³/mol. The van der Waals surface area contributed by atoms with Crippen LogP contribution in [0.1, 0.15) is 24.5 Å². The number of ether oxygens (including phenoxy) is 1. The fraction of sp³-hybridized carbons (Fsp3) is 0.292. The molecule has 1 aliphatic rings. The Morgan fingerprint density at radius 1 is 1.12 bits per heavy atom. The molecular formula is C24H27N3O4S. The SMILES string of the molecule is COc1ccc(/C=C2\SC(=O)N(CCNC(=O)NC(C)CCc3ccccc3)C2=O)cc1. The molecule has 1 aliphatic heterocycles. The highest BCUT2D eigenvalue weighted by Crippen LogP contribution is 2.32. The third-order valence-corrected chi connectivity index (χ3v) is 5.90. The van der Waals surface area contributed by atoms with Crippen LogP contribution in [0.2, 0.25) is 0 Å². The van der Waals surface area contributed by atoms with Crippen molar-refractivity contribution in [3.05, 3.63) is 70.6 Å². The van der Waals surface area contributed by atoms with Gasteiger partial charge in [-0.2, -0.15) is 0 Å². The molecule has 1 unspecified atom stereocenters. The molecule has 2 N–H and O–H groups in total. The topological polar surface area (TPSA) is 87.7 Å². The van der Waals surface area contributed by atoms with Crippen molar-refractivity contribution in [1.82, 2.24) is 15.5 Å². The van der Waals surface area contributed by atoms with Crippen LogP contribution in [0.5, 0.6) is 5.75 Å². The van der Waals surface area contributed by atoms with Crippen molar-refractivity contribution in [2.75, 3.05) is 20.2 Å². The van der Waals surface area contributed by atoms with Crippen molar-refractivity contribution in [2.45, 2.75) is 25.8 Å². The highest BCUT2D eigenvalue weighted by atomic mass is 32.2. The second kappa shape index (κ2) is 11.4. The van der Waals surface area contributed by atoms with Crippen LogP contribution in [0.25, 0.3) is 6.08 Å². The van der Waals surface area contributed by atoms with Gasteiger partial charge < -0.3 is 15.4 Å². The molecule has 1 saturated heterocycles. The van der Waals surface area contributed by atoms with Gasteiger partial charge in [-0.05, 0) is 60.9 Å². The monoisotopic (exact) mass is 453 g/mol. The van der Waals surface area contributed by atoms with Gasteiger partial charge in [-0.3, -0.25) is 14.5 Å². The molecule has 2 aromatic carbocycles. The average molecular weight is 454 g/mol. The normalized spacial score (nSPS) is 15.7. The van der Waals surface area contributed by atoms with E-state index in [1.165, 1.54) is 5.56 Å². The molecule has 168 valence electrons. The first kappa shape index (κ1) is 23.4. The number of aryl methyl sites for hydroxylation is 1. The van der Waals surface area contributed by atoms with Crippen molar-refractivity contribution >= 4 is 35.0 Å². The molecule has 0 saturated carbocycles. The van der Waals surface area contributed by atoms with Crippen LogP contribution in [0, 0.1) is 0 Å². The first-order valence-electron chi connectivity index (χ1n) is 10.4. The number of carbonyl (C=O) groups is 3. The zero-order valence-electron chi connectivity index (χ0n) is 18.2. The summed E-state index contributed by atoms with van der Waals surface area (Å²) in [6.07, 6.45) is 3.37. The van der Waals surface area contributed by atoms with E-state index in [1.807, 2.05) is 37.3 Å². The summed E-state index contributed by atoms with van der Waals surface area (Å²) in [5, 5.41) is 5.26. The number of nitrogens with zero attached hydrogens (tertiary/aromatic N) is 1. The molecule has 0 aromatic heterocycles. The number of amides is 4. The van der Waals surface area contributed by atoms with Gasteiger partial charge in [0.1, 0.15) is 5.75 Å². The average Bonchev–Trinajstić information content (AvgIpc) is 3.06. The summed E-state index contributed by atoms with van der Waals surface area (Å²) in [6, 6.07) is 17.0. The second-order valence-electron chi connectivity index (χ2n) is 7.43. The van der Waals surface area contributed by atoms with Gasteiger partial charge in [0.05, 0.1) is 12.0 Å². The highest BCUT2D eigenvalue weighted by molar-refractivity contribution is 8.18. The summed E-state index contributed by atoms with van der Waals surface area (Å²) >= 11 is 0.900. The molecule has 0 aliphatic carbocycles. The van der Waals surface area contributed by atoms with E-state index in [0.717, 1.165) is 35.1 Å². The summed E-state index contributed by atoms with van der Waals surface area (Å²) in [4.78, 5) is 38.5. The lowest BCUT2D eigenvalue weighted by Gasteiger charge is -2.16. The lowest BCUT2D eigenvalue weighted by atomic mass is 10.1. The van der Waals surface area contributed by atoms with Gasteiger partial charge in [0.2, 0.25) is 0 Å². The van der Waals surface area contributed by atoms with Crippen molar-refractivity contribution < 1.29 is 19.1 Å². The second-order valence-corrected chi connectivity index (χ2v) is 8.43. The summed E-state index contributed by atoms with van der Waals surface area (Å²) < 4.78 is 5.12. The zero-order valence-corrected chi connectivity index (χ0v) is 19.0. The number of imide groups is 1. The first-order chi connectivity index (χ1) is 15.5. The fourth-order valence-electron chi connectivity index (χ4n) is 3.20. The van der Waals surface area contributed by atoms with Crippen molar-refractivity contribution in [3.63, 3.8) is 0 Å². The number of hydrogen-bond acceptors (Lipinski definition) is 5. The number of urea groups is 1. The van der Waals surface area contributed by atoms with Gasteiger partial charge in [-0.15, -0.1) is 0 Å². The summed E-state index contributed by atoms with van der Waals surface area (Å²) in [5.74, 6) is 0.364. The number of methoxy groups -OCH3 is 1. The Morgan fingerprint density at radius 3 is 2.53 bits per heavy atom. The van der Waals surface area contributed by atoms with E-state index in [1.54, 1.807) is 25.3 Å². The first-order valence-corrected chi connectivity index (χ1v) is 11.3. The highest BCUT2D eigenvalue weighted by Gasteiger charge is 2.34. The molecule has 0 spiro atoms. The third-order valence-electron chi connectivity index (χ3n) is 4.99. The lowest BCUT2D eigenvalue weighted by Crippen LogP contribution is -2.44.